The summed E-state index contributed by atoms with van der Waals surface area (Å²) < 4.78 is 4.72. The molecule has 0 aliphatic heterocycles. The minimum absolute atomic E-state index is 0.298. The zero-order chi connectivity index (χ0) is 11.8. The molecule has 0 unspecified atom stereocenters. The van der Waals surface area contributed by atoms with Crippen LogP contribution in [0, 0.1) is 0 Å². The SMILES string of the molecule is COC(=O)c1ccccc1NCCCSC. The van der Waals surface area contributed by atoms with Crippen molar-refractivity contribution < 1.29 is 9.53 Å². The van der Waals surface area contributed by atoms with E-state index in [2.05, 4.69) is 11.6 Å². The molecule has 0 amide bonds. The largest absolute Gasteiger partial charge is 0.465 e. The van der Waals surface area contributed by atoms with E-state index in [0.29, 0.717) is 5.56 Å². The summed E-state index contributed by atoms with van der Waals surface area (Å²) in [4.78, 5) is 11.5. The Labute approximate surface area is 101 Å². The molecule has 16 heavy (non-hydrogen) atoms. The highest BCUT2D eigenvalue weighted by molar-refractivity contribution is 7.98. The third-order valence-corrected chi connectivity index (χ3v) is 2.87. The van der Waals surface area contributed by atoms with Gasteiger partial charge in [0.1, 0.15) is 0 Å². The zero-order valence-electron chi connectivity index (χ0n) is 9.66. The summed E-state index contributed by atoms with van der Waals surface area (Å²) in [5.74, 6) is 0.820. The van der Waals surface area contributed by atoms with Crippen LogP contribution in [0.25, 0.3) is 0 Å². The first-order valence-corrected chi connectivity index (χ1v) is 6.59. The molecule has 0 atom stereocenters. The molecular formula is C12H17NO2S. The van der Waals surface area contributed by atoms with Crippen LogP contribution in [0.5, 0.6) is 0 Å². The van der Waals surface area contributed by atoms with Gasteiger partial charge in [-0.2, -0.15) is 11.8 Å². The average Bonchev–Trinajstić information content (AvgIpc) is 2.34. The van der Waals surface area contributed by atoms with Crippen LogP contribution in [0.1, 0.15) is 16.8 Å². The Morgan fingerprint density at radius 3 is 2.88 bits per heavy atom. The van der Waals surface area contributed by atoms with E-state index in [1.54, 1.807) is 6.07 Å². The van der Waals surface area contributed by atoms with Gasteiger partial charge in [0.15, 0.2) is 0 Å². The molecule has 0 radical (unpaired) electrons. The van der Waals surface area contributed by atoms with Gasteiger partial charge in [-0.15, -0.1) is 0 Å². The minimum atomic E-state index is -0.298. The summed E-state index contributed by atoms with van der Waals surface area (Å²) in [6.07, 6.45) is 3.17. The van der Waals surface area contributed by atoms with E-state index in [9.17, 15) is 4.79 Å². The van der Waals surface area contributed by atoms with Gasteiger partial charge in [-0.3, -0.25) is 0 Å². The molecule has 3 nitrogen and oxygen atoms in total. The van der Waals surface area contributed by atoms with Crippen molar-refractivity contribution in [3.05, 3.63) is 29.8 Å². The Morgan fingerprint density at radius 1 is 1.44 bits per heavy atom. The Bertz CT molecular complexity index is 342. The lowest BCUT2D eigenvalue weighted by Gasteiger charge is -2.09. The first-order chi connectivity index (χ1) is 7.79. The van der Waals surface area contributed by atoms with Crippen molar-refractivity contribution in [3.63, 3.8) is 0 Å². The molecule has 0 heterocycles. The summed E-state index contributed by atoms with van der Waals surface area (Å²) in [5.41, 5.74) is 1.43. The summed E-state index contributed by atoms with van der Waals surface area (Å²) >= 11 is 1.82. The van der Waals surface area contributed by atoms with E-state index in [1.807, 2.05) is 30.0 Å². The predicted molar refractivity (Wildman–Crippen MR) is 69.3 cm³/mol. The minimum Gasteiger partial charge on any atom is -0.465 e. The zero-order valence-corrected chi connectivity index (χ0v) is 10.5. The van der Waals surface area contributed by atoms with E-state index in [4.69, 9.17) is 4.74 Å². The molecule has 0 aliphatic carbocycles. The maximum Gasteiger partial charge on any atom is 0.339 e. The fraction of sp³-hybridized carbons (Fsp3) is 0.417. The molecule has 1 aromatic rings. The topological polar surface area (TPSA) is 38.3 Å². The summed E-state index contributed by atoms with van der Waals surface area (Å²) in [6, 6.07) is 7.40. The number of rotatable bonds is 6. The lowest BCUT2D eigenvalue weighted by molar-refractivity contribution is 0.0602. The number of thioether (sulfide) groups is 1. The fourth-order valence-corrected chi connectivity index (χ4v) is 1.80. The van der Waals surface area contributed by atoms with Gasteiger partial charge >= 0.3 is 5.97 Å². The normalized spacial score (nSPS) is 9.88. The molecule has 1 rings (SSSR count). The second-order valence-corrected chi connectivity index (χ2v) is 4.30. The van der Waals surface area contributed by atoms with Crippen LogP contribution < -0.4 is 5.32 Å². The third kappa shape index (κ3) is 3.77. The molecule has 1 aromatic carbocycles. The van der Waals surface area contributed by atoms with Gasteiger partial charge in [0.2, 0.25) is 0 Å². The molecule has 0 aliphatic rings. The van der Waals surface area contributed by atoms with Crippen LogP contribution in [-0.2, 0) is 4.74 Å². The fourth-order valence-electron chi connectivity index (χ4n) is 1.36. The number of hydrogen-bond donors (Lipinski definition) is 1. The van der Waals surface area contributed by atoms with Crippen molar-refractivity contribution in [2.75, 3.05) is 31.0 Å². The molecule has 0 aromatic heterocycles. The molecule has 0 bridgehead atoms. The van der Waals surface area contributed by atoms with E-state index in [-0.39, 0.29) is 5.97 Å². The van der Waals surface area contributed by atoms with Gasteiger partial charge in [0.25, 0.3) is 0 Å². The van der Waals surface area contributed by atoms with Gasteiger partial charge < -0.3 is 10.1 Å². The summed E-state index contributed by atoms with van der Waals surface area (Å²) in [6.45, 7) is 0.870. The van der Waals surface area contributed by atoms with Crippen molar-refractivity contribution in [1.82, 2.24) is 0 Å². The van der Waals surface area contributed by atoms with Gasteiger partial charge in [0, 0.05) is 12.2 Å². The highest BCUT2D eigenvalue weighted by atomic mass is 32.2. The number of nitrogens with one attached hydrogen (secondary N) is 1. The predicted octanol–water partition coefficient (Wildman–Crippen LogP) is 2.64. The van der Waals surface area contributed by atoms with E-state index in [0.717, 1.165) is 24.4 Å². The Kier molecular flexibility index (Phi) is 5.78. The number of anilines is 1. The van der Waals surface area contributed by atoms with E-state index < -0.39 is 0 Å². The van der Waals surface area contributed by atoms with Crippen molar-refractivity contribution in [2.24, 2.45) is 0 Å². The number of methoxy groups -OCH3 is 1. The molecule has 1 N–H and O–H groups in total. The maximum atomic E-state index is 11.5. The van der Waals surface area contributed by atoms with Crippen molar-refractivity contribution in [2.45, 2.75) is 6.42 Å². The number of ether oxygens (including phenoxy) is 1. The van der Waals surface area contributed by atoms with Crippen molar-refractivity contribution >= 4 is 23.4 Å². The summed E-state index contributed by atoms with van der Waals surface area (Å²) in [7, 11) is 1.40. The lowest BCUT2D eigenvalue weighted by atomic mass is 10.2. The second-order valence-electron chi connectivity index (χ2n) is 3.31. The van der Waals surface area contributed by atoms with E-state index in [1.165, 1.54) is 7.11 Å². The van der Waals surface area contributed by atoms with Gasteiger partial charge in [0.05, 0.1) is 12.7 Å². The molecule has 4 heteroatoms. The first kappa shape index (κ1) is 12.9. The van der Waals surface area contributed by atoms with Crippen LogP contribution in [0.15, 0.2) is 24.3 Å². The van der Waals surface area contributed by atoms with Gasteiger partial charge in [-0.05, 0) is 30.6 Å². The van der Waals surface area contributed by atoms with Crippen LogP contribution >= 0.6 is 11.8 Å². The van der Waals surface area contributed by atoms with E-state index >= 15 is 0 Å². The molecule has 0 fully saturated rings. The van der Waals surface area contributed by atoms with Crippen molar-refractivity contribution in [3.8, 4) is 0 Å². The second kappa shape index (κ2) is 7.17. The maximum absolute atomic E-state index is 11.5. The number of carbonyl (C=O) groups is 1. The standard InChI is InChI=1S/C12H17NO2S/c1-15-12(14)10-6-3-4-7-11(10)13-8-5-9-16-2/h3-4,6-7,13H,5,8-9H2,1-2H3. The lowest BCUT2D eigenvalue weighted by Crippen LogP contribution is -2.09. The van der Waals surface area contributed by atoms with Gasteiger partial charge in [-0.1, -0.05) is 12.1 Å². The van der Waals surface area contributed by atoms with Crippen molar-refractivity contribution in [1.29, 1.82) is 0 Å². The highest BCUT2D eigenvalue weighted by Gasteiger charge is 2.09. The molecular weight excluding hydrogens is 222 g/mol. The highest BCUT2D eigenvalue weighted by Crippen LogP contribution is 2.15. The number of benzene rings is 1. The average molecular weight is 239 g/mol. The number of hydrogen-bond acceptors (Lipinski definition) is 4. The summed E-state index contributed by atoms with van der Waals surface area (Å²) in [5, 5.41) is 3.25. The number of carbonyl (C=O) groups excluding carboxylic acids is 1. The first-order valence-electron chi connectivity index (χ1n) is 5.19. The molecule has 0 spiro atoms. The van der Waals surface area contributed by atoms with Gasteiger partial charge in [-0.25, -0.2) is 4.79 Å². The Morgan fingerprint density at radius 2 is 2.19 bits per heavy atom. The quantitative estimate of drug-likeness (QED) is 0.612. The number of esters is 1. The molecule has 0 saturated heterocycles. The van der Waals surface area contributed by atoms with Crippen LogP contribution in [0.2, 0.25) is 0 Å². The third-order valence-electron chi connectivity index (χ3n) is 2.17. The van der Waals surface area contributed by atoms with Crippen LogP contribution in [0.3, 0.4) is 0 Å². The van der Waals surface area contributed by atoms with Crippen LogP contribution in [-0.4, -0.2) is 31.6 Å². The number of para-hydroxylation sites is 1. The Hall–Kier alpha value is -1.16. The smallest absolute Gasteiger partial charge is 0.339 e. The van der Waals surface area contributed by atoms with Crippen LogP contribution in [0.4, 0.5) is 5.69 Å². The Balaban J connectivity index is 2.60. The monoisotopic (exact) mass is 239 g/mol. The molecule has 0 saturated carbocycles. The molecule has 88 valence electrons.